The lowest BCUT2D eigenvalue weighted by Gasteiger charge is -2.10. The Kier molecular flexibility index (Phi) is 3.49. The molecule has 1 aliphatic carbocycles. The van der Waals surface area contributed by atoms with Crippen LogP contribution in [-0.2, 0) is 19.4 Å². The van der Waals surface area contributed by atoms with Gasteiger partial charge in [-0.05, 0) is 30.9 Å². The van der Waals surface area contributed by atoms with Crippen LogP contribution in [0.2, 0.25) is 0 Å². The lowest BCUT2D eigenvalue weighted by Crippen LogP contribution is -2.24. The van der Waals surface area contributed by atoms with Gasteiger partial charge in [0.2, 0.25) is 5.88 Å². The van der Waals surface area contributed by atoms with Crippen molar-refractivity contribution in [2.45, 2.75) is 25.8 Å². The quantitative estimate of drug-likeness (QED) is 0.797. The van der Waals surface area contributed by atoms with Crippen LogP contribution in [0.5, 0.6) is 5.88 Å². The molecule has 118 valence electrons. The summed E-state index contributed by atoms with van der Waals surface area (Å²) in [6.07, 6.45) is 6.89. The average Bonchev–Trinajstić information content (AvgIpc) is 3.25. The highest BCUT2D eigenvalue weighted by atomic mass is 32.1. The second-order valence-electron chi connectivity index (χ2n) is 5.51. The SMILES string of the molecule is COc1nc2c(cc1C(=O)NCc1cn3ccsc3n1)CCC2. The summed E-state index contributed by atoms with van der Waals surface area (Å²) in [5, 5.41) is 4.88. The Morgan fingerprint density at radius 1 is 1.43 bits per heavy atom. The Morgan fingerprint density at radius 3 is 3.17 bits per heavy atom. The number of aryl methyl sites for hydroxylation is 2. The van der Waals surface area contributed by atoms with Crippen LogP contribution < -0.4 is 10.1 Å². The Hall–Kier alpha value is -2.41. The maximum Gasteiger partial charge on any atom is 0.257 e. The summed E-state index contributed by atoms with van der Waals surface area (Å²) in [5.74, 6) is 0.217. The van der Waals surface area contributed by atoms with E-state index >= 15 is 0 Å². The van der Waals surface area contributed by atoms with E-state index in [1.54, 1.807) is 18.4 Å². The van der Waals surface area contributed by atoms with Crippen LogP contribution in [0.1, 0.15) is 33.7 Å². The number of nitrogens with one attached hydrogen (secondary N) is 1. The number of rotatable bonds is 4. The number of carbonyl (C=O) groups excluding carboxylic acids is 1. The minimum absolute atomic E-state index is 0.180. The molecule has 0 spiro atoms. The van der Waals surface area contributed by atoms with Crippen LogP contribution in [0.15, 0.2) is 23.8 Å². The zero-order valence-electron chi connectivity index (χ0n) is 12.7. The first-order chi connectivity index (χ1) is 11.2. The first kappa shape index (κ1) is 14.2. The summed E-state index contributed by atoms with van der Waals surface area (Å²) >= 11 is 1.57. The number of carbonyl (C=O) groups is 1. The van der Waals surface area contributed by atoms with Gasteiger partial charge in [0, 0.05) is 23.5 Å². The van der Waals surface area contributed by atoms with Gasteiger partial charge in [0.15, 0.2) is 4.96 Å². The molecule has 6 nitrogen and oxygen atoms in total. The van der Waals surface area contributed by atoms with E-state index in [4.69, 9.17) is 4.74 Å². The van der Waals surface area contributed by atoms with Gasteiger partial charge >= 0.3 is 0 Å². The van der Waals surface area contributed by atoms with E-state index in [1.807, 2.05) is 28.2 Å². The third-order valence-corrected chi connectivity index (χ3v) is 4.80. The number of ether oxygens (including phenoxy) is 1. The number of fused-ring (bicyclic) bond motifs is 2. The monoisotopic (exact) mass is 328 g/mol. The second kappa shape index (κ2) is 5.66. The molecule has 1 N–H and O–H groups in total. The van der Waals surface area contributed by atoms with Crippen molar-refractivity contribution in [2.75, 3.05) is 7.11 Å². The zero-order valence-corrected chi connectivity index (χ0v) is 13.5. The van der Waals surface area contributed by atoms with Gasteiger partial charge in [-0.2, -0.15) is 0 Å². The standard InChI is InChI=1S/C16H16N4O2S/c1-22-15-12(7-10-3-2-4-13(10)19-15)14(21)17-8-11-9-20-5-6-23-16(20)18-11/h5-7,9H,2-4,8H2,1H3,(H,17,21). The number of pyridine rings is 1. The number of imidazole rings is 1. The number of nitrogens with zero attached hydrogens (tertiary/aromatic N) is 3. The van der Waals surface area contributed by atoms with E-state index in [0.717, 1.165) is 41.2 Å². The molecule has 0 atom stereocenters. The number of aromatic nitrogens is 3. The van der Waals surface area contributed by atoms with Crippen LogP contribution in [-0.4, -0.2) is 27.4 Å². The maximum absolute atomic E-state index is 12.5. The first-order valence-corrected chi connectivity index (χ1v) is 8.38. The van der Waals surface area contributed by atoms with Crippen molar-refractivity contribution in [3.63, 3.8) is 0 Å². The smallest absolute Gasteiger partial charge is 0.257 e. The molecule has 0 saturated heterocycles. The molecule has 0 saturated carbocycles. The van der Waals surface area contributed by atoms with Crippen molar-refractivity contribution in [3.8, 4) is 5.88 Å². The largest absolute Gasteiger partial charge is 0.480 e. The van der Waals surface area contributed by atoms with E-state index in [0.29, 0.717) is 18.0 Å². The molecule has 0 unspecified atom stereocenters. The number of hydrogen-bond donors (Lipinski definition) is 1. The van der Waals surface area contributed by atoms with Gasteiger partial charge in [0.25, 0.3) is 5.91 Å². The topological polar surface area (TPSA) is 68.5 Å². The molecule has 0 fully saturated rings. The van der Waals surface area contributed by atoms with Crippen molar-refractivity contribution in [1.29, 1.82) is 0 Å². The molecule has 0 bridgehead atoms. The Labute approximate surface area is 137 Å². The van der Waals surface area contributed by atoms with Gasteiger partial charge in [-0.15, -0.1) is 11.3 Å². The van der Waals surface area contributed by atoms with E-state index in [9.17, 15) is 4.79 Å². The van der Waals surface area contributed by atoms with Gasteiger partial charge in [-0.1, -0.05) is 0 Å². The van der Waals surface area contributed by atoms with Gasteiger partial charge in [-0.3, -0.25) is 9.20 Å². The molecule has 7 heteroatoms. The lowest BCUT2D eigenvalue weighted by atomic mass is 10.1. The molecular formula is C16H16N4O2S. The summed E-state index contributed by atoms with van der Waals surface area (Å²) in [6, 6.07) is 1.91. The summed E-state index contributed by atoms with van der Waals surface area (Å²) in [7, 11) is 1.55. The van der Waals surface area contributed by atoms with Crippen LogP contribution in [0.25, 0.3) is 4.96 Å². The third kappa shape index (κ3) is 2.57. The number of hydrogen-bond acceptors (Lipinski definition) is 5. The maximum atomic E-state index is 12.5. The predicted molar refractivity (Wildman–Crippen MR) is 87.1 cm³/mol. The lowest BCUT2D eigenvalue weighted by molar-refractivity contribution is 0.0946. The van der Waals surface area contributed by atoms with E-state index in [2.05, 4.69) is 15.3 Å². The van der Waals surface area contributed by atoms with Gasteiger partial charge < -0.3 is 10.1 Å². The Balaban J connectivity index is 1.53. The Bertz CT molecular complexity index is 855. The van der Waals surface area contributed by atoms with Gasteiger partial charge in [-0.25, -0.2) is 9.97 Å². The van der Waals surface area contributed by atoms with E-state index in [-0.39, 0.29) is 5.91 Å². The van der Waals surface area contributed by atoms with Crippen molar-refractivity contribution in [1.82, 2.24) is 19.7 Å². The molecule has 0 radical (unpaired) electrons. The fraction of sp³-hybridized carbons (Fsp3) is 0.312. The van der Waals surface area contributed by atoms with E-state index < -0.39 is 0 Å². The van der Waals surface area contributed by atoms with Crippen molar-refractivity contribution < 1.29 is 9.53 Å². The molecule has 3 aromatic heterocycles. The summed E-state index contributed by atoms with van der Waals surface area (Å²) in [6.45, 7) is 0.382. The third-order valence-electron chi connectivity index (χ3n) is 4.03. The highest BCUT2D eigenvalue weighted by Gasteiger charge is 2.21. The van der Waals surface area contributed by atoms with Crippen molar-refractivity contribution >= 4 is 22.2 Å². The normalized spacial score (nSPS) is 13.3. The number of thiazole rings is 1. The average molecular weight is 328 g/mol. The number of amides is 1. The molecule has 3 heterocycles. The second-order valence-corrected chi connectivity index (χ2v) is 6.39. The summed E-state index contributed by atoms with van der Waals surface area (Å²) < 4.78 is 7.24. The molecule has 1 aliphatic rings. The molecule has 1 amide bonds. The highest BCUT2D eigenvalue weighted by molar-refractivity contribution is 7.15. The highest BCUT2D eigenvalue weighted by Crippen LogP contribution is 2.26. The molecule has 0 aromatic carbocycles. The fourth-order valence-corrected chi connectivity index (χ4v) is 3.62. The number of methoxy groups -OCH3 is 1. The Morgan fingerprint density at radius 2 is 2.35 bits per heavy atom. The molecular weight excluding hydrogens is 312 g/mol. The molecule has 4 rings (SSSR count). The van der Waals surface area contributed by atoms with Crippen molar-refractivity contribution in [2.24, 2.45) is 0 Å². The van der Waals surface area contributed by atoms with Crippen LogP contribution >= 0.6 is 11.3 Å². The van der Waals surface area contributed by atoms with Crippen LogP contribution in [0, 0.1) is 0 Å². The summed E-state index contributed by atoms with van der Waals surface area (Å²) in [4.78, 5) is 22.3. The minimum Gasteiger partial charge on any atom is -0.480 e. The van der Waals surface area contributed by atoms with Crippen molar-refractivity contribution in [3.05, 3.63) is 46.4 Å². The first-order valence-electron chi connectivity index (χ1n) is 7.50. The van der Waals surface area contributed by atoms with Crippen LogP contribution in [0.4, 0.5) is 0 Å². The molecule has 3 aromatic rings. The molecule has 23 heavy (non-hydrogen) atoms. The van der Waals surface area contributed by atoms with E-state index in [1.165, 1.54) is 0 Å². The van der Waals surface area contributed by atoms with Crippen LogP contribution in [0.3, 0.4) is 0 Å². The summed E-state index contributed by atoms with van der Waals surface area (Å²) in [5.41, 5.74) is 3.53. The fourth-order valence-electron chi connectivity index (χ4n) is 2.90. The van der Waals surface area contributed by atoms with Gasteiger partial charge in [0.05, 0.1) is 19.3 Å². The zero-order chi connectivity index (χ0) is 15.8. The predicted octanol–water partition coefficient (Wildman–Crippen LogP) is 2.22. The molecule has 0 aliphatic heterocycles. The minimum atomic E-state index is -0.180. The van der Waals surface area contributed by atoms with Gasteiger partial charge in [0.1, 0.15) is 5.56 Å².